The summed E-state index contributed by atoms with van der Waals surface area (Å²) >= 11 is 0. The fourth-order valence-electron chi connectivity index (χ4n) is 2.12. The first kappa shape index (κ1) is 15.6. The van der Waals surface area contributed by atoms with Crippen molar-refractivity contribution in [2.45, 2.75) is 19.8 Å². The van der Waals surface area contributed by atoms with Crippen molar-refractivity contribution in [1.29, 1.82) is 0 Å². The van der Waals surface area contributed by atoms with Crippen molar-refractivity contribution in [3.8, 4) is 0 Å². The molecule has 116 valence electrons. The number of hydrogen-bond donors (Lipinski definition) is 1. The number of likely N-dealkylation sites (N-methyl/N-ethyl adjacent to an activating group) is 1. The normalized spacial score (nSPS) is 14.0. The van der Waals surface area contributed by atoms with Gasteiger partial charge in [-0.1, -0.05) is 0 Å². The molecule has 1 aromatic rings. The van der Waals surface area contributed by atoms with E-state index in [0.717, 1.165) is 24.8 Å². The first-order chi connectivity index (χ1) is 10.1. The second kappa shape index (κ2) is 7.31. The van der Waals surface area contributed by atoms with Gasteiger partial charge in [-0.15, -0.1) is 0 Å². The van der Waals surface area contributed by atoms with Gasteiger partial charge in [0, 0.05) is 25.9 Å². The first-order valence-corrected chi connectivity index (χ1v) is 7.47. The predicted octanol–water partition coefficient (Wildman–Crippen LogP) is 2.31. The van der Waals surface area contributed by atoms with E-state index in [1.807, 2.05) is 18.0 Å². The summed E-state index contributed by atoms with van der Waals surface area (Å²) in [6.45, 7) is 4.36. The molecule has 0 unspecified atom stereocenters. The molecule has 0 saturated heterocycles. The molecule has 0 aromatic heterocycles. The van der Waals surface area contributed by atoms with Crippen molar-refractivity contribution < 1.29 is 14.3 Å². The number of nitrogens with two attached hydrogens (primary N) is 1. The lowest BCUT2D eigenvalue weighted by molar-refractivity contribution is 0.0527. The lowest BCUT2D eigenvalue weighted by Crippen LogP contribution is -2.25. The summed E-state index contributed by atoms with van der Waals surface area (Å²) in [5.41, 5.74) is 7.65. The number of esters is 1. The van der Waals surface area contributed by atoms with Crippen LogP contribution >= 0.6 is 0 Å². The Bertz CT molecular complexity index is 486. The standard InChI is InChI=1S/C16H24N2O3/c1-3-21-16(19)14-10-13(17)6-7-15(14)18(2)8-9-20-11-12-4-5-12/h6-7,10,12H,3-5,8-9,11,17H2,1-2H3. The minimum atomic E-state index is -0.342. The molecule has 0 amide bonds. The third kappa shape index (κ3) is 4.63. The number of carbonyl (C=O) groups excluding carboxylic acids is 1. The van der Waals surface area contributed by atoms with Gasteiger partial charge in [0.25, 0.3) is 0 Å². The van der Waals surface area contributed by atoms with E-state index < -0.39 is 0 Å². The van der Waals surface area contributed by atoms with Crippen molar-refractivity contribution in [2.75, 3.05) is 44.0 Å². The van der Waals surface area contributed by atoms with Gasteiger partial charge in [0.1, 0.15) is 0 Å². The Morgan fingerprint density at radius 2 is 2.19 bits per heavy atom. The van der Waals surface area contributed by atoms with Crippen LogP contribution in [-0.4, -0.2) is 39.4 Å². The Morgan fingerprint density at radius 1 is 1.43 bits per heavy atom. The zero-order valence-electron chi connectivity index (χ0n) is 12.8. The molecular weight excluding hydrogens is 268 g/mol. The fourth-order valence-corrected chi connectivity index (χ4v) is 2.12. The van der Waals surface area contributed by atoms with Gasteiger partial charge < -0.3 is 20.1 Å². The molecule has 0 radical (unpaired) electrons. The number of hydrogen-bond acceptors (Lipinski definition) is 5. The van der Waals surface area contributed by atoms with Gasteiger partial charge in [0.2, 0.25) is 0 Å². The summed E-state index contributed by atoms with van der Waals surface area (Å²) in [7, 11) is 1.94. The van der Waals surface area contributed by atoms with Crippen molar-refractivity contribution in [2.24, 2.45) is 5.92 Å². The third-order valence-corrected chi connectivity index (χ3v) is 3.55. The van der Waals surface area contributed by atoms with Crippen molar-refractivity contribution in [3.05, 3.63) is 23.8 Å². The maximum Gasteiger partial charge on any atom is 0.340 e. The summed E-state index contributed by atoms with van der Waals surface area (Å²) in [5.74, 6) is 0.424. The van der Waals surface area contributed by atoms with E-state index in [1.165, 1.54) is 12.8 Å². The van der Waals surface area contributed by atoms with Crippen LogP contribution in [0, 0.1) is 5.92 Å². The van der Waals surface area contributed by atoms with Gasteiger partial charge in [0.15, 0.2) is 0 Å². The molecule has 0 spiro atoms. The number of nitrogen functional groups attached to an aromatic ring is 1. The van der Waals surface area contributed by atoms with Crippen LogP contribution < -0.4 is 10.6 Å². The van der Waals surface area contributed by atoms with E-state index >= 15 is 0 Å². The molecule has 21 heavy (non-hydrogen) atoms. The summed E-state index contributed by atoms with van der Waals surface area (Å²) in [5, 5.41) is 0. The topological polar surface area (TPSA) is 64.8 Å². The molecule has 0 bridgehead atoms. The van der Waals surface area contributed by atoms with Crippen LogP contribution in [0.2, 0.25) is 0 Å². The monoisotopic (exact) mass is 292 g/mol. The van der Waals surface area contributed by atoms with E-state index in [0.29, 0.717) is 24.5 Å². The Kier molecular flexibility index (Phi) is 5.44. The minimum absolute atomic E-state index is 0.342. The van der Waals surface area contributed by atoms with Gasteiger partial charge >= 0.3 is 5.97 Å². The number of benzene rings is 1. The highest BCUT2D eigenvalue weighted by molar-refractivity contribution is 5.97. The number of anilines is 2. The largest absolute Gasteiger partial charge is 0.462 e. The van der Waals surface area contributed by atoms with E-state index in [2.05, 4.69) is 0 Å². The highest BCUT2D eigenvalue weighted by atomic mass is 16.5. The van der Waals surface area contributed by atoms with Crippen LogP contribution in [0.4, 0.5) is 11.4 Å². The molecule has 1 aliphatic carbocycles. The SMILES string of the molecule is CCOC(=O)c1cc(N)ccc1N(C)CCOCC1CC1. The van der Waals surface area contributed by atoms with Crippen LogP contribution in [-0.2, 0) is 9.47 Å². The molecule has 0 aliphatic heterocycles. The summed E-state index contributed by atoms with van der Waals surface area (Å²) in [6.07, 6.45) is 2.58. The molecule has 1 saturated carbocycles. The number of nitrogens with zero attached hydrogens (tertiary/aromatic N) is 1. The molecule has 1 fully saturated rings. The molecule has 1 aliphatic rings. The van der Waals surface area contributed by atoms with Gasteiger partial charge in [-0.05, 0) is 43.9 Å². The Morgan fingerprint density at radius 3 is 2.86 bits per heavy atom. The van der Waals surface area contributed by atoms with E-state index in [1.54, 1.807) is 19.1 Å². The van der Waals surface area contributed by atoms with E-state index in [9.17, 15) is 4.79 Å². The quantitative estimate of drug-likeness (QED) is 0.452. The van der Waals surface area contributed by atoms with Crippen LogP contribution in [0.5, 0.6) is 0 Å². The zero-order valence-corrected chi connectivity index (χ0v) is 12.8. The molecule has 5 heteroatoms. The smallest absolute Gasteiger partial charge is 0.340 e. The summed E-state index contributed by atoms with van der Waals surface area (Å²) in [6, 6.07) is 5.30. The highest BCUT2D eigenvalue weighted by Gasteiger charge is 2.21. The number of rotatable bonds is 8. The van der Waals surface area contributed by atoms with Crippen LogP contribution in [0.1, 0.15) is 30.1 Å². The molecule has 2 rings (SSSR count). The second-order valence-corrected chi connectivity index (χ2v) is 5.44. The first-order valence-electron chi connectivity index (χ1n) is 7.47. The number of ether oxygens (including phenoxy) is 2. The van der Waals surface area contributed by atoms with Gasteiger partial charge in [0.05, 0.1) is 24.5 Å². The van der Waals surface area contributed by atoms with Crippen LogP contribution in [0.15, 0.2) is 18.2 Å². The van der Waals surface area contributed by atoms with Crippen LogP contribution in [0.3, 0.4) is 0 Å². The molecule has 0 atom stereocenters. The highest BCUT2D eigenvalue weighted by Crippen LogP contribution is 2.28. The van der Waals surface area contributed by atoms with Gasteiger partial charge in [-0.3, -0.25) is 0 Å². The zero-order chi connectivity index (χ0) is 15.2. The lowest BCUT2D eigenvalue weighted by atomic mass is 10.1. The fraction of sp³-hybridized carbons (Fsp3) is 0.562. The summed E-state index contributed by atoms with van der Waals surface area (Å²) < 4.78 is 10.7. The maximum atomic E-state index is 12.0. The Hall–Kier alpha value is -1.75. The average Bonchev–Trinajstić information content (AvgIpc) is 3.27. The summed E-state index contributed by atoms with van der Waals surface area (Å²) in [4.78, 5) is 14.0. The third-order valence-electron chi connectivity index (χ3n) is 3.55. The number of carbonyl (C=O) groups is 1. The van der Waals surface area contributed by atoms with E-state index in [4.69, 9.17) is 15.2 Å². The molecule has 5 nitrogen and oxygen atoms in total. The molecule has 0 heterocycles. The lowest BCUT2D eigenvalue weighted by Gasteiger charge is -2.22. The molecular formula is C16H24N2O3. The van der Waals surface area contributed by atoms with Crippen molar-refractivity contribution in [1.82, 2.24) is 0 Å². The van der Waals surface area contributed by atoms with Gasteiger partial charge in [-0.25, -0.2) is 4.79 Å². The average molecular weight is 292 g/mol. The molecule has 2 N–H and O–H groups in total. The van der Waals surface area contributed by atoms with Crippen molar-refractivity contribution >= 4 is 17.3 Å². The van der Waals surface area contributed by atoms with Gasteiger partial charge in [-0.2, -0.15) is 0 Å². The minimum Gasteiger partial charge on any atom is -0.462 e. The van der Waals surface area contributed by atoms with E-state index in [-0.39, 0.29) is 5.97 Å². The Labute approximate surface area is 126 Å². The Balaban J connectivity index is 1.96. The predicted molar refractivity (Wildman–Crippen MR) is 83.6 cm³/mol. The van der Waals surface area contributed by atoms with Crippen LogP contribution in [0.25, 0.3) is 0 Å². The molecule has 1 aromatic carbocycles. The second-order valence-electron chi connectivity index (χ2n) is 5.44. The van der Waals surface area contributed by atoms with Crippen molar-refractivity contribution in [3.63, 3.8) is 0 Å². The maximum absolute atomic E-state index is 12.0.